The number of halogens is 2. The van der Waals surface area contributed by atoms with Gasteiger partial charge in [0.05, 0.1) is 23.3 Å². The van der Waals surface area contributed by atoms with E-state index in [-0.39, 0.29) is 18.1 Å². The van der Waals surface area contributed by atoms with Gasteiger partial charge in [0.2, 0.25) is 0 Å². The normalized spacial score (nSPS) is 15.6. The molecule has 3 aromatic carbocycles. The number of carboxylic acids is 1. The number of rotatable bonds is 7. The second kappa shape index (κ2) is 11.1. The number of benzene rings is 3. The highest BCUT2D eigenvalue weighted by molar-refractivity contribution is 8.18. The van der Waals surface area contributed by atoms with E-state index in [4.69, 9.17) is 32.7 Å². The molecule has 0 bridgehead atoms. The molecule has 7 nitrogen and oxygen atoms in total. The second-order valence-electron chi connectivity index (χ2n) is 7.66. The van der Waals surface area contributed by atoms with Gasteiger partial charge in [-0.2, -0.15) is 0 Å². The van der Waals surface area contributed by atoms with E-state index in [0.29, 0.717) is 37.3 Å². The van der Waals surface area contributed by atoms with Crippen LogP contribution in [-0.2, 0) is 11.4 Å². The Labute approximate surface area is 221 Å². The van der Waals surface area contributed by atoms with Crippen LogP contribution in [0.5, 0.6) is 11.5 Å². The first-order valence-electron chi connectivity index (χ1n) is 10.6. The molecule has 184 valence electrons. The maximum Gasteiger partial charge on any atom is 0.335 e. The Bertz CT molecular complexity index is 1410. The van der Waals surface area contributed by atoms with E-state index >= 15 is 0 Å². The van der Waals surface area contributed by atoms with E-state index in [9.17, 15) is 14.7 Å². The van der Waals surface area contributed by atoms with Crippen LogP contribution in [0.1, 0.15) is 21.5 Å². The number of amidine groups is 1. The Balaban J connectivity index is 1.53. The number of likely N-dealkylation sites (N-methyl/N-ethyl adjacent to an activating group) is 1. The van der Waals surface area contributed by atoms with Crippen molar-refractivity contribution in [3.05, 3.63) is 92.3 Å². The largest absolute Gasteiger partial charge is 0.493 e. The van der Waals surface area contributed by atoms with Crippen LogP contribution >= 0.6 is 35.0 Å². The van der Waals surface area contributed by atoms with E-state index in [1.165, 1.54) is 35.9 Å². The number of methoxy groups -OCH3 is 1. The van der Waals surface area contributed by atoms with Gasteiger partial charge < -0.3 is 14.6 Å². The number of amides is 1. The molecular formula is C26H20Cl2N2O5S. The molecule has 0 spiro atoms. The average Bonchev–Trinajstić information content (AvgIpc) is 3.11. The summed E-state index contributed by atoms with van der Waals surface area (Å²) in [6.45, 7) is 0.231. The Hall–Kier alpha value is -3.46. The molecule has 10 heteroatoms. The molecular weight excluding hydrogens is 523 g/mol. The zero-order valence-electron chi connectivity index (χ0n) is 19.2. The van der Waals surface area contributed by atoms with Crippen LogP contribution in [0.15, 0.2) is 70.6 Å². The number of carbonyl (C=O) groups is 2. The topological polar surface area (TPSA) is 88.4 Å². The molecule has 0 atom stereocenters. The monoisotopic (exact) mass is 542 g/mol. The smallest absolute Gasteiger partial charge is 0.335 e. The van der Waals surface area contributed by atoms with Crippen LogP contribution in [0.3, 0.4) is 0 Å². The molecule has 0 saturated carbocycles. The highest BCUT2D eigenvalue weighted by atomic mass is 35.5. The standard InChI is InChI=1S/C26H20Cl2N2O5S/c1-30-24(31)23(36-26(30)29-19-5-3-4-16(12-19)25(32)33)11-15-6-9-21(22(10-15)34-2)35-14-17-7-8-18(27)13-20(17)28/h3-13H,14H2,1-2H3,(H,32,33)/b23-11+,29-26?. The quantitative estimate of drug-likeness (QED) is 0.342. The van der Waals surface area contributed by atoms with Gasteiger partial charge in [-0.1, -0.05) is 41.4 Å². The number of carboxylic acid groups (broad SMARTS) is 1. The summed E-state index contributed by atoms with van der Waals surface area (Å²) in [6, 6.07) is 16.8. The first-order valence-corrected chi connectivity index (χ1v) is 12.2. The number of aliphatic imine (C=N–C) groups is 1. The van der Waals surface area contributed by atoms with Crippen molar-refractivity contribution in [3.63, 3.8) is 0 Å². The van der Waals surface area contributed by atoms with Crippen LogP contribution < -0.4 is 9.47 Å². The lowest BCUT2D eigenvalue weighted by molar-refractivity contribution is -0.121. The summed E-state index contributed by atoms with van der Waals surface area (Å²) < 4.78 is 11.4. The SMILES string of the molecule is COc1cc(/C=C2/SC(=Nc3cccc(C(=O)O)c3)N(C)C2=O)ccc1OCc1ccc(Cl)cc1Cl. The number of nitrogens with zero attached hydrogens (tertiary/aromatic N) is 2. The predicted molar refractivity (Wildman–Crippen MR) is 143 cm³/mol. The minimum atomic E-state index is -1.04. The van der Waals surface area contributed by atoms with Gasteiger partial charge in [0.25, 0.3) is 5.91 Å². The zero-order valence-corrected chi connectivity index (χ0v) is 21.5. The summed E-state index contributed by atoms with van der Waals surface area (Å²) in [4.78, 5) is 30.4. The molecule has 0 aliphatic carbocycles. The first kappa shape index (κ1) is 25.6. The summed E-state index contributed by atoms with van der Waals surface area (Å²) in [6.07, 6.45) is 1.74. The molecule has 3 aromatic rings. The minimum Gasteiger partial charge on any atom is -0.493 e. The molecule has 1 aliphatic heterocycles. The minimum absolute atomic E-state index is 0.123. The Kier molecular flexibility index (Phi) is 7.88. The van der Waals surface area contributed by atoms with E-state index in [0.717, 1.165) is 11.1 Å². The molecule has 1 fully saturated rings. The highest BCUT2D eigenvalue weighted by Crippen LogP contribution is 2.35. The first-order chi connectivity index (χ1) is 17.2. The van der Waals surface area contributed by atoms with Crippen molar-refractivity contribution in [3.8, 4) is 11.5 Å². The van der Waals surface area contributed by atoms with Crippen LogP contribution in [0.25, 0.3) is 6.08 Å². The number of hydrogen-bond donors (Lipinski definition) is 1. The third-order valence-electron chi connectivity index (χ3n) is 5.21. The van der Waals surface area contributed by atoms with Crippen molar-refractivity contribution in [2.75, 3.05) is 14.2 Å². The van der Waals surface area contributed by atoms with E-state index in [1.54, 1.807) is 55.6 Å². The van der Waals surface area contributed by atoms with Gasteiger partial charge in [0.15, 0.2) is 16.7 Å². The highest BCUT2D eigenvalue weighted by Gasteiger charge is 2.30. The third-order valence-corrected chi connectivity index (χ3v) is 6.85. The predicted octanol–water partition coefficient (Wildman–Crippen LogP) is 6.51. The lowest BCUT2D eigenvalue weighted by Gasteiger charge is -2.12. The maximum absolute atomic E-state index is 12.8. The summed E-state index contributed by atoms with van der Waals surface area (Å²) in [5.74, 6) is -0.241. The lowest BCUT2D eigenvalue weighted by atomic mass is 10.2. The summed E-state index contributed by atoms with van der Waals surface area (Å²) in [5, 5.41) is 10.7. The van der Waals surface area contributed by atoms with Crippen molar-refractivity contribution < 1.29 is 24.2 Å². The lowest BCUT2D eigenvalue weighted by Crippen LogP contribution is -2.23. The van der Waals surface area contributed by atoms with Crippen LogP contribution in [0.4, 0.5) is 5.69 Å². The fourth-order valence-corrected chi connectivity index (χ4v) is 4.76. The van der Waals surface area contributed by atoms with Crippen molar-refractivity contribution in [2.45, 2.75) is 6.61 Å². The molecule has 1 saturated heterocycles. The van der Waals surface area contributed by atoms with E-state index in [2.05, 4.69) is 4.99 Å². The molecule has 1 heterocycles. The summed E-state index contributed by atoms with van der Waals surface area (Å²) in [7, 11) is 3.16. The van der Waals surface area contributed by atoms with Gasteiger partial charge in [-0.25, -0.2) is 9.79 Å². The number of aromatic carboxylic acids is 1. The zero-order chi connectivity index (χ0) is 25.8. The van der Waals surface area contributed by atoms with Crippen molar-refractivity contribution in [1.29, 1.82) is 0 Å². The van der Waals surface area contributed by atoms with Gasteiger partial charge in [0, 0.05) is 22.7 Å². The van der Waals surface area contributed by atoms with Gasteiger partial charge >= 0.3 is 5.97 Å². The Morgan fingerprint density at radius 2 is 1.92 bits per heavy atom. The number of carbonyl (C=O) groups excluding carboxylic acids is 1. The molecule has 1 aliphatic rings. The molecule has 0 unspecified atom stereocenters. The molecule has 0 aromatic heterocycles. The molecule has 0 radical (unpaired) electrons. The van der Waals surface area contributed by atoms with Crippen LogP contribution in [-0.4, -0.2) is 41.2 Å². The number of thioether (sulfide) groups is 1. The average molecular weight is 543 g/mol. The van der Waals surface area contributed by atoms with Crippen molar-refractivity contribution in [2.24, 2.45) is 4.99 Å². The molecule has 36 heavy (non-hydrogen) atoms. The van der Waals surface area contributed by atoms with Crippen molar-refractivity contribution in [1.82, 2.24) is 4.90 Å². The molecule has 4 rings (SSSR count). The van der Waals surface area contributed by atoms with E-state index in [1.807, 2.05) is 6.07 Å². The Morgan fingerprint density at radius 3 is 2.64 bits per heavy atom. The fraction of sp³-hybridized carbons (Fsp3) is 0.115. The van der Waals surface area contributed by atoms with Gasteiger partial charge in [-0.05, 0) is 65.9 Å². The maximum atomic E-state index is 12.8. The van der Waals surface area contributed by atoms with Gasteiger partial charge in [0.1, 0.15) is 6.61 Å². The Morgan fingerprint density at radius 1 is 1.11 bits per heavy atom. The third kappa shape index (κ3) is 5.84. The van der Waals surface area contributed by atoms with Gasteiger partial charge in [-0.3, -0.25) is 9.69 Å². The van der Waals surface area contributed by atoms with Crippen molar-refractivity contribution >= 4 is 63.8 Å². The van der Waals surface area contributed by atoms with E-state index < -0.39 is 5.97 Å². The number of ether oxygens (including phenoxy) is 2. The molecule has 1 amide bonds. The van der Waals surface area contributed by atoms with Gasteiger partial charge in [-0.15, -0.1) is 0 Å². The summed E-state index contributed by atoms with van der Waals surface area (Å²) in [5.41, 5.74) is 2.09. The number of hydrogen-bond acceptors (Lipinski definition) is 6. The summed E-state index contributed by atoms with van der Waals surface area (Å²) >= 11 is 13.4. The fourth-order valence-electron chi connectivity index (χ4n) is 3.31. The molecule has 1 N–H and O–H groups in total. The van der Waals surface area contributed by atoms with Crippen LogP contribution in [0.2, 0.25) is 10.0 Å². The van der Waals surface area contributed by atoms with Crippen LogP contribution in [0, 0.1) is 0 Å². The second-order valence-corrected chi connectivity index (χ2v) is 9.51.